The molecule has 0 bridgehead atoms. The van der Waals surface area contributed by atoms with Gasteiger partial charge in [-0.1, -0.05) is 120 Å². The molecule has 30 heteroatoms. The number of imide groups is 1. The molecule has 25 nitrogen and oxygen atoms in total. The number of fused-ring (bicyclic) bond motifs is 8. The standard InChI is InChI=1S/C25H33N5O3S.C24H31N3O2S.C23H26N4O2S.C23H31N3O3S2/c1-18-7-8-23-21(15-18)30(20-5-2-3-6-22(20)34-23)10-4-9-28-11-13-29(14-12-28)16-24(32)27-19(17-31)25(26)33;1-17-6-8-23-21(14-17)27(20-4-2-3-5-22(20)30-23)16-19(28)15-26-12-10-18(11-13-26)7-9-24(25)29;1-16-7-8-20-18(15-16)26(17-5-2-3-6-19(17)30-20)13-4-14-27-21(28)23(25-22(27)29)9-11-24-12-10-23;1-17-6-7-23-21(14-17)26(20-4-2-3-5-22(20)30-23)16-19(27)15-25-11-8-18(9-12-25)10-13-31(24,28)29/h2-3,5-8,15,19,31H,4,9-14,16-17H2,1H3,(H2,26,33)(H,27,32);2-6,8,14,18-19,28H,7,9-13,15-16H2,1H3,(H2,25,29);2-3,5-8,15,24H,4,9-14H2,1H3,(H,25,29);2-7,14,18-19,27H,8-13,15-16H2,1H3,(H2,24,28,29)/t19-;;;/m0.../s1. The molecule has 5 saturated heterocycles. The molecule has 9 heterocycles. The average Bonchev–Trinajstić information content (AvgIpc) is 1.62. The first-order valence-corrected chi connectivity index (χ1v) is 49.0. The Morgan fingerprint density at radius 1 is 0.472 bits per heavy atom. The number of likely N-dealkylation sites (tertiary alicyclic amines) is 2. The number of β-amino-alcohol motifs (C(OH)–C–C–N with tert-alkyl or cyclic N) is 2. The van der Waals surface area contributed by atoms with Crippen molar-refractivity contribution in [3.63, 3.8) is 0 Å². The summed E-state index contributed by atoms with van der Waals surface area (Å²) in [6.07, 6.45) is 8.24. The Labute approximate surface area is 753 Å². The number of aliphatic hydroxyl groups is 3. The summed E-state index contributed by atoms with van der Waals surface area (Å²) in [4.78, 5) is 89.7. The summed E-state index contributed by atoms with van der Waals surface area (Å²) < 4.78 is 22.4. The minimum absolute atomic E-state index is 0.0557. The summed E-state index contributed by atoms with van der Waals surface area (Å²) in [5.74, 6) is -0.247. The van der Waals surface area contributed by atoms with E-state index in [1.807, 2.05) is 17.8 Å². The minimum atomic E-state index is -3.39. The highest BCUT2D eigenvalue weighted by Crippen LogP contribution is 2.53. The van der Waals surface area contributed by atoms with Crippen molar-refractivity contribution in [2.45, 2.75) is 161 Å². The van der Waals surface area contributed by atoms with E-state index in [1.165, 1.54) is 100 Å². The minimum Gasteiger partial charge on any atom is -0.394 e. The number of urea groups is 1. The molecule has 12 N–H and O–H groups in total. The van der Waals surface area contributed by atoms with Crippen LogP contribution in [0.5, 0.6) is 0 Å². The number of hydrogen-bond donors (Lipinski definition) is 9. The number of piperazine rings is 1. The number of sulfonamides is 1. The third-order valence-electron chi connectivity index (χ3n) is 24.9. The fourth-order valence-corrected chi connectivity index (χ4v) is 23.1. The zero-order valence-corrected chi connectivity index (χ0v) is 76.3. The van der Waals surface area contributed by atoms with Crippen LogP contribution >= 0.6 is 47.0 Å². The molecule has 666 valence electrons. The molecule has 0 radical (unpaired) electrons. The Bertz CT molecular complexity index is 5220. The lowest BCUT2D eigenvalue weighted by Gasteiger charge is -2.37. The first-order valence-electron chi connectivity index (χ1n) is 44.0. The molecule has 0 aromatic heterocycles. The van der Waals surface area contributed by atoms with Gasteiger partial charge in [-0.2, -0.15) is 0 Å². The summed E-state index contributed by atoms with van der Waals surface area (Å²) >= 11 is 7.21. The number of amides is 6. The lowest BCUT2D eigenvalue weighted by atomic mass is 9.88. The number of rotatable bonds is 27. The van der Waals surface area contributed by atoms with Crippen LogP contribution < -0.4 is 52.2 Å². The molecule has 5 fully saturated rings. The Hall–Kier alpha value is -8.70. The number of nitrogens with two attached hydrogens (primary N) is 3. The van der Waals surface area contributed by atoms with Gasteiger partial charge in [0.05, 0.1) is 89.7 Å². The van der Waals surface area contributed by atoms with E-state index in [1.54, 1.807) is 35.3 Å². The Morgan fingerprint density at radius 2 is 0.840 bits per heavy atom. The number of anilines is 8. The Kier molecular flexibility index (Phi) is 31.8. The van der Waals surface area contributed by atoms with E-state index >= 15 is 0 Å². The van der Waals surface area contributed by atoms with Crippen molar-refractivity contribution in [3.8, 4) is 0 Å². The number of primary sulfonamides is 1. The fraction of sp³-hybridized carbons (Fsp3) is 0.442. The number of hydrogen-bond acceptors (Lipinski definition) is 23. The van der Waals surface area contributed by atoms with Crippen molar-refractivity contribution >= 4 is 132 Å². The summed E-state index contributed by atoms with van der Waals surface area (Å²) in [5, 5.41) is 44.9. The van der Waals surface area contributed by atoms with E-state index in [2.05, 4.69) is 247 Å². The maximum atomic E-state index is 13.0. The molecule has 2 unspecified atom stereocenters. The van der Waals surface area contributed by atoms with Crippen LogP contribution in [0.3, 0.4) is 0 Å². The largest absolute Gasteiger partial charge is 0.394 e. The normalized spacial score (nSPS) is 18.3. The van der Waals surface area contributed by atoms with Gasteiger partial charge in [-0.15, -0.1) is 0 Å². The molecule has 9 aliphatic heterocycles. The maximum absolute atomic E-state index is 13.0. The van der Waals surface area contributed by atoms with Gasteiger partial charge >= 0.3 is 6.03 Å². The molecule has 1 spiro atoms. The average molecular weight is 1790 g/mol. The predicted octanol–water partition coefficient (Wildman–Crippen LogP) is 12.5. The summed E-state index contributed by atoms with van der Waals surface area (Å²) in [7, 11) is -3.39. The second kappa shape index (κ2) is 42.9. The lowest BCUT2D eigenvalue weighted by Crippen LogP contribution is -2.53. The smallest absolute Gasteiger partial charge is 0.325 e. The maximum Gasteiger partial charge on any atom is 0.325 e. The summed E-state index contributed by atoms with van der Waals surface area (Å²) in [6.45, 7) is 22.3. The summed E-state index contributed by atoms with van der Waals surface area (Å²) in [5.41, 5.74) is 24.3. The molecule has 125 heavy (non-hydrogen) atoms. The van der Waals surface area contributed by atoms with E-state index in [0.29, 0.717) is 70.2 Å². The number of carbonyl (C=O) groups is 5. The second-order valence-corrected chi connectivity index (χ2v) is 40.5. The van der Waals surface area contributed by atoms with Gasteiger partial charge in [-0.25, -0.2) is 18.4 Å². The number of aryl methyl sites for hydroxylation is 4. The SMILES string of the molecule is Cc1ccc2c(c1)N(CC(O)CN1CCC(CCC(N)=O)CC1)c1ccccc1S2.Cc1ccc2c(c1)N(CC(O)CN1CCC(CCS(N)(=O)=O)CC1)c1ccccc1S2.Cc1ccc2c(c1)N(CCCN1C(=O)NC3(CCNCC3)C1=O)c1ccccc1S2.Cc1ccc2c(c1)N(CCCN1CCN(CC(=O)N[C@@H](CO)C(N)=O)CC1)c1ccccc1S2. The van der Waals surface area contributed by atoms with Crippen LogP contribution in [0.1, 0.15) is 92.9 Å². The molecule has 0 aliphatic carbocycles. The van der Waals surface area contributed by atoms with Gasteiger partial charge in [0.1, 0.15) is 11.6 Å². The number of nitrogens with zero attached hydrogens (tertiary/aromatic N) is 9. The van der Waals surface area contributed by atoms with E-state index < -0.39 is 46.3 Å². The van der Waals surface area contributed by atoms with Gasteiger partial charge in [-0.05, 0) is 269 Å². The fourth-order valence-electron chi connectivity index (χ4n) is 18.1. The summed E-state index contributed by atoms with van der Waals surface area (Å²) in [6, 6.07) is 58.8. The van der Waals surface area contributed by atoms with Gasteiger partial charge in [0.15, 0.2) is 0 Å². The zero-order valence-electron chi connectivity index (χ0n) is 72.2. The van der Waals surface area contributed by atoms with Gasteiger partial charge in [0.25, 0.3) is 5.91 Å². The monoisotopic (exact) mass is 1790 g/mol. The van der Waals surface area contributed by atoms with Crippen LogP contribution in [-0.2, 0) is 29.2 Å². The van der Waals surface area contributed by atoms with E-state index in [9.17, 15) is 42.6 Å². The third kappa shape index (κ3) is 24.2. The Morgan fingerprint density at radius 3 is 1.24 bits per heavy atom. The van der Waals surface area contributed by atoms with E-state index in [-0.39, 0.29) is 36.1 Å². The molecule has 8 aromatic carbocycles. The van der Waals surface area contributed by atoms with E-state index in [0.717, 1.165) is 141 Å². The quantitative estimate of drug-likeness (QED) is 0.0216. The highest BCUT2D eigenvalue weighted by atomic mass is 32.2. The highest BCUT2D eigenvalue weighted by molar-refractivity contribution is 8.00. The van der Waals surface area contributed by atoms with Crippen molar-refractivity contribution in [2.75, 3.05) is 156 Å². The van der Waals surface area contributed by atoms with Crippen LogP contribution in [0, 0.1) is 39.5 Å². The highest BCUT2D eigenvalue weighted by Gasteiger charge is 2.51. The molecular weight excluding hydrogens is 1670 g/mol. The van der Waals surface area contributed by atoms with Gasteiger partial charge in [0.2, 0.25) is 27.7 Å². The number of nitrogens with one attached hydrogen (secondary N) is 3. The van der Waals surface area contributed by atoms with Crippen molar-refractivity contribution in [1.82, 2.24) is 40.4 Å². The number of primary amides is 2. The van der Waals surface area contributed by atoms with Crippen LogP contribution in [0.15, 0.2) is 209 Å². The number of carbonyl (C=O) groups excluding carboxylic acids is 5. The molecule has 6 amide bonds. The van der Waals surface area contributed by atoms with Crippen molar-refractivity contribution in [2.24, 2.45) is 28.4 Å². The van der Waals surface area contributed by atoms with Crippen LogP contribution in [0.4, 0.5) is 50.3 Å². The van der Waals surface area contributed by atoms with Crippen molar-refractivity contribution < 1.29 is 47.7 Å². The van der Waals surface area contributed by atoms with Crippen LogP contribution in [0.25, 0.3) is 0 Å². The first kappa shape index (κ1) is 92.5. The van der Waals surface area contributed by atoms with Gasteiger partial charge in [0, 0.05) is 104 Å². The van der Waals surface area contributed by atoms with Crippen LogP contribution in [-0.4, -0.2) is 238 Å². The lowest BCUT2D eigenvalue weighted by molar-refractivity contribution is -0.132. The van der Waals surface area contributed by atoms with Gasteiger partial charge < -0.3 is 77.0 Å². The predicted molar refractivity (Wildman–Crippen MR) is 502 cm³/mol. The molecule has 8 aromatic rings. The number of benzene rings is 8. The zero-order chi connectivity index (χ0) is 87.9. The number of piperidine rings is 3. The number of aliphatic hydroxyl groups excluding tert-OH is 3. The van der Waals surface area contributed by atoms with Crippen LogP contribution in [0.2, 0.25) is 0 Å². The van der Waals surface area contributed by atoms with Crippen molar-refractivity contribution in [1.29, 1.82) is 0 Å². The third-order valence-corrected chi connectivity index (χ3v) is 30.2. The Balaban J connectivity index is 0.000000136. The molecule has 17 rings (SSSR count). The van der Waals surface area contributed by atoms with Gasteiger partial charge in [-0.3, -0.25) is 29.0 Å². The van der Waals surface area contributed by atoms with E-state index in [4.69, 9.17) is 21.7 Å². The first-order chi connectivity index (χ1) is 60.3. The number of para-hydroxylation sites is 4. The topological polar surface area (TPSA) is 323 Å². The molecule has 9 aliphatic rings. The van der Waals surface area contributed by atoms with Crippen molar-refractivity contribution in [3.05, 3.63) is 192 Å². The molecular formula is C95H121N15O10S5. The molecule has 0 saturated carbocycles. The second-order valence-electron chi connectivity index (χ2n) is 34.4. The molecule has 3 atom stereocenters.